The van der Waals surface area contributed by atoms with Crippen LogP contribution in [0.1, 0.15) is 39.3 Å². The van der Waals surface area contributed by atoms with Crippen molar-refractivity contribution in [2.24, 2.45) is 5.92 Å². The number of amides is 1. The molecule has 2 rings (SSSR count). The Morgan fingerprint density at radius 3 is 2.74 bits per heavy atom. The maximum atomic E-state index is 12.4. The Labute approximate surface area is 140 Å². The molecule has 0 aromatic carbocycles. The first-order valence-electron chi connectivity index (χ1n) is 7.91. The lowest BCUT2D eigenvalue weighted by Gasteiger charge is -2.33. The first kappa shape index (κ1) is 17.8. The van der Waals surface area contributed by atoms with Gasteiger partial charge in [0.15, 0.2) is 0 Å². The Morgan fingerprint density at radius 1 is 1.39 bits per heavy atom. The van der Waals surface area contributed by atoms with Crippen molar-refractivity contribution in [3.05, 3.63) is 17.8 Å². The largest absolute Gasteiger partial charge is 0.444 e. The monoisotopic (exact) mass is 339 g/mol. The molecule has 6 nitrogen and oxygen atoms in total. The average molecular weight is 339 g/mol. The van der Waals surface area contributed by atoms with Crippen molar-refractivity contribution in [1.29, 1.82) is 0 Å². The zero-order valence-electron chi connectivity index (χ0n) is 14.2. The van der Waals surface area contributed by atoms with Gasteiger partial charge in [-0.15, -0.1) is 5.10 Å². The number of ether oxygens (including phenoxy) is 1. The highest BCUT2D eigenvalue weighted by Crippen LogP contribution is 2.21. The Bertz CT molecular complexity index is 569. The Morgan fingerprint density at radius 2 is 2.13 bits per heavy atom. The van der Waals surface area contributed by atoms with E-state index in [1.165, 1.54) is 0 Å². The van der Waals surface area contributed by atoms with Crippen LogP contribution in [0.4, 0.5) is 4.79 Å². The van der Waals surface area contributed by atoms with Crippen LogP contribution in [0.3, 0.4) is 0 Å². The predicted octanol–water partition coefficient (Wildman–Crippen LogP) is 2.54. The number of carbonyl (C=O) groups excluding carboxylic acids is 1. The maximum absolute atomic E-state index is 12.4. The standard InChI is InChI=1S/C16H25N3O3S/c1-12-7-8-14(18-17-12)23(21)11-13-6-5-9-19(10-13)15(20)22-16(2,3)4/h7-8,13H,5-6,9-11H2,1-4H3. The van der Waals surface area contributed by atoms with Gasteiger partial charge >= 0.3 is 6.09 Å². The summed E-state index contributed by atoms with van der Waals surface area (Å²) in [5, 5.41) is 8.44. The van der Waals surface area contributed by atoms with Gasteiger partial charge in [-0.05, 0) is 58.6 Å². The van der Waals surface area contributed by atoms with E-state index >= 15 is 0 Å². The molecule has 0 N–H and O–H groups in total. The molecule has 1 aromatic rings. The number of piperidine rings is 1. The van der Waals surface area contributed by atoms with E-state index in [4.69, 9.17) is 4.74 Å². The third-order valence-electron chi connectivity index (χ3n) is 3.56. The zero-order chi connectivity index (χ0) is 17.0. The highest BCUT2D eigenvalue weighted by atomic mass is 32.2. The molecule has 0 radical (unpaired) electrons. The Kier molecular flexibility index (Phi) is 5.73. The van der Waals surface area contributed by atoms with Crippen LogP contribution >= 0.6 is 0 Å². The Hall–Kier alpha value is -1.50. The summed E-state index contributed by atoms with van der Waals surface area (Å²) in [7, 11) is -1.19. The highest BCUT2D eigenvalue weighted by Gasteiger charge is 2.28. The van der Waals surface area contributed by atoms with E-state index in [9.17, 15) is 9.00 Å². The number of aryl methyl sites for hydroxylation is 1. The molecule has 1 aliphatic rings. The van der Waals surface area contributed by atoms with Gasteiger partial charge in [0.1, 0.15) is 10.6 Å². The first-order valence-corrected chi connectivity index (χ1v) is 9.23. The number of aromatic nitrogens is 2. The molecule has 128 valence electrons. The average Bonchev–Trinajstić information content (AvgIpc) is 2.46. The van der Waals surface area contributed by atoms with Crippen molar-refractivity contribution in [2.75, 3.05) is 18.8 Å². The summed E-state index contributed by atoms with van der Waals surface area (Å²) >= 11 is 0. The molecule has 2 heterocycles. The van der Waals surface area contributed by atoms with Gasteiger partial charge in [0.25, 0.3) is 0 Å². The quantitative estimate of drug-likeness (QED) is 0.846. The summed E-state index contributed by atoms with van der Waals surface area (Å²) in [5.41, 5.74) is 0.309. The normalized spacial score (nSPS) is 20.2. The molecule has 1 aliphatic heterocycles. The van der Waals surface area contributed by atoms with Crippen LogP contribution < -0.4 is 0 Å². The molecular weight excluding hydrogens is 314 g/mol. The molecule has 1 amide bonds. The summed E-state index contributed by atoms with van der Waals surface area (Å²) in [4.78, 5) is 13.9. The number of rotatable bonds is 3. The molecule has 1 aromatic heterocycles. The van der Waals surface area contributed by atoms with E-state index in [0.29, 0.717) is 23.9 Å². The minimum absolute atomic E-state index is 0.195. The van der Waals surface area contributed by atoms with Crippen molar-refractivity contribution in [3.8, 4) is 0 Å². The van der Waals surface area contributed by atoms with Crippen LogP contribution in [0.5, 0.6) is 0 Å². The number of hydrogen-bond donors (Lipinski definition) is 0. The van der Waals surface area contributed by atoms with Crippen LogP contribution in [0.15, 0.2) is 17.2 Å². The fourth-order valence-electron chi connectivity index (χ4n) is 2.50. The van der Waals surface area contributed by atoms with E-state index in [0.717, 1.165) is 18.5 Å². The van der Waals surface area contributed by atoms with Gasteiger partial charge in [0.05, 0.1) is 16.5 Å². The van der Waals surface area contributed by atoms with Crippen molar-refractivity contribution in [1.82, 2.24) is 15.1 Å². The lowest BCUT2D eigenvalue weighted by Crippen LogP contribution is -2.44. The molecule has 1 saturated heterocycles. The van der Waals surface area contributed by atoms with Gasteiger partial charge in [-0.1, -0.05) is 0 Å². The molecule has 7 heteroatoms. The molecular formula is C16H25N3O3S. The van der Waals surface area contributed by atoms with Crippen molar-refractivity contribution in [3.63, 3.8) is 0 Å². The van der Waals surface area contributed by atoms with Gasteiger partial charge in [-0.3, -0.25) is 4.21 Å². The summed E-state index contributed by atoms with van der Waals surface area (Å²) in [6, 6.07) is 3.57. The fraction of sp³-hybridized carbons (Fsp3) is 0.688. The molecule has 1 fully saturated rings. The van der Waals surface area contributed by atoms with Crippen molar-refractivity contribution >= 4 is 16.9 Å². The van der Waals surface area contributed by atoms with Crippen LogP contribution in [0, 0.1) is 12.8 Å². The smallest absolute Gasteiger partial charge is 0.410 e. The third-order valence-corrected chi connectivity index (χ3v) is 5.02. The molecule has 0 spiro atoms. The second-order valence-corrected chi connectivity index (χ2v) is 8.40. The van der Waals surface area contributed by atoms with Crippen molar-refractivity contribution < 1.29 is 13.7 Å². The van der Waals surface area contributed by atoms with Gasteiger partial charge in [0, 0.05) is 18.8 Å². The molecule has 0 aliphatic carbocycles. The van der Waals surface area contributed by atoms with E-state index in [1.54, 1.807) is 11.0 Å². The lowest BCUT2D eigenvalue weighted by molar-refractivity contribution is 0.0176. The van der Waals surface area contributed by atoms with Crippen LogP contribution in [0.25, 0.3) is 0 Å². The minimum atomic E-state index is -1.19. The molecule has 2 atom stereocenters. The van der Waals surface area contributed by atoms with Gasteiger partial charge in [-0.25, -0.2) is 4.79 Å². The molecule has 0 saturated carbocycles. The van der Waals surface area contributed by atoms with Gasteiger partial charge < -0.3 is 9.64 Å². The number of likely N-dealkylation sites (tertiary alicyclic amines) is 1. The summed E-state index contributed by atoms with van der Waals surface area (Å²) in [6.07, 6.45) is 1.58. The first-order chi connectivity index (χ1) is 10.7. The van der Waals surface area contributed by atoms with Crippen LogP contribution in [-0.4, -0.2) is 49.8 Å². The number of carbonyl (C=O) groups is 1. The number of nitrogens with zero attached hydrogens (tertiary/aromatic N) is 3. The second-order valence-electron chi connectivity index (χ2n) is 6.96. The van der Waals surface area contributed by atoms with Crippen molar-refractivity contribution in [2.45, 2.75) is 51.2 Å². The fourth-order valence-corrected chi connectivity index (χ4v) is 3.72. The Balaban J connectivity index is 1.92. The van der Waals surface area contributed by atoms with E-state index in [1.807, 2.05) is 33.8 Å². The molecule has 23 heavy (non-hydrogen) atoms. The summed E-state index contributed by atoms with van der Waals surface area (Å²) in [5.74, 6) is 0.692. The second kappa shape index (κ2) is 7.38. The lowest BCUT2D eigenvalue weighted by atomic mass is 10.0. The molecule has 2 unspecified atom stereocenters. The summed E-state index contributed by atoms with van der Waals surface area (Å²) in [6.45, 7) is 8.70. The predicted molar refractivity (Wildman–Crippen MR) is 88.6 cm³/mol. The van der Waals surface area contributed by atoms with E-state index in [2.05, 4.69) is 10.2 Å². The third kappa shape index (κ3) is 5.57. The number of hydrogen-bond acceptors (Lipinski definition) is 5. The maximum Gasteiger partial charge on any atom is 0.410 e. The SMILES string of the molecule is Cc1ccc(S(=O)CC2CCCN(C(=O)OC(C)(C)C)C2)nn1. The van der Waals surface area contributed by atoms with Gasteiger partial charge in [0.2, 0.25) is 0 Å². The minimum Gasteiger partial charge on any atom is -0.444 e. The van der Waals surface area contributed by atoms with Gasteiger partial charge in [-0.2, -0.15) is 5.10 Å². The van der Waals surface area contributed by atoms with E-state index < -0.39 is 16.4 Å². The highest BCUT2D eigenvalue weighted by molar-refractivity contribution is 7.84. The summed E-state index contributed by atoms with van der Waals surface area (Å²) < 4.78 is 17.8. The van der Waals surface area contributed by atoms with E-state index in [-0.39, 0.29) is 12.0 Å². The molecule has 0 bridgehead atoms. The van der Waals surface area contributed by atoms with Crippen LogP contribution in [-0.2, 0) is 15.5 Å². The topological polar surface area (TPSA) is 72.4 Å². The van der Waals surface area contributed by atoms with Crippen LogP contribution in [0.2, 0.25) is 0 Å². The zero-order valence-corrected chi connectivity index (χ0v) is 15.1.